The van der Waals surface area contributed by atoms with Crippen LogP contribution in [0.2, 0.25) is 5.02 Å². The summed E-state index contributed by atoms with van der Waals surface area (Å²) in [5.41, 5.74) is 1.03. The van der Waals surface area contributed by atoms with Gasteiger partial charge in [-0.2, -0.15) is 0 Å². The molecule has 186 valence electrons. The zero-order valence-corrected chi connectivity index (χ0v) is 21.1. The number of carbonyl (C=O) groups is 2. The number of benzene rings is 1. The first-order valence-electron chi connectivity index (χ1n) is 11.7. The summed E-state index contributed by atoms with van der Waals surface area (Å²) in [7, 11) is 0. The molecular weight excluding hydrogens is 470 g/mol. The SMILES string of the molecule is CC[C@@H](NC(=O)N1C[C@H](OC(C)=O)C[C@@H]1c1nnc(C)n1Cc1ccc(Cl)cc1)c1ccc(C)o1. The Hall–Kier alpha value is -3.33. The van der Waals surface area contributed by atoms with Gasteiger partial charge >= 0.3 is 12.0 Å². The van der Waals surface area contributed by atoms with Gasteiger partial charge in [-0.1, -0.05) is 30.7 Å². The van der Waals surface area contributed by atoms with Gasteiger partial charge in [-0.05, 0) is 50.1 Å². The summed E-state index contributed by atoms with van der Waals surface area (Å²) < 4.78 is 13.2. The molecule has 2 aromatic heterocycles. The average Bonchev–Trinajstić information content (AvgIpc) is 3.52. The second-order valence-electron chi connectivity index (χ2n) is 8.81. The molecule has 10 heteroatoms. The van der Waals surface area contributed by atoms with Gasteiger partial charge < -0.3 is 23.9 Å². The highest BCUT2D eigenvalue weighted by Crippen LogP contribution is 2.34. The molecule has 0 bridgehead atoms. The zero-order chi connectivity index (χ0) is 25.1. The van der Waals surface area contributed by atoms with Crippen LogP contribution in [0, 0.1) is 13.8 Å². The lowest BCUT2D eigenvalue weighted by molar-refractivity contribution is -0.145. The van der Waals surface area contributed by atoms with Gasteiger partial charge in [0.05, 0.1) is 25.2 Å². The summed E-state index contributed by atoms with van der Waals surface area (Å²) in [5, 5.41) is 12.4. The van der Waals surface area contributed by atoms with Gasteiger partial charge in [0.15, 0.2) is 5.82 Å². The van der Waals surface area contributed by atoms with E-state index in [1.165, 1.54) is 6.92 Å². The topological polar surface area (TPSA) is 102 Å². The standard InChI is InChI=1S/C25H30ClN5O4/c1-5-21(23-11-6-15(2)34-23)27-25(33)31-14-20(35-17(4)32)12-22(31)24-29-28-16(3)30(24)13-18-7-9-19(26)10-8-18/h6-11,20-22H,5,12-14H2,1-4H3,(H,27,33)/t20-,21-,22-/m1/s1. The van der Waals surface area contributed by atoms with Gasteiger partial charge in [0.2, 0.25) is 0 Å². The number of carbonyl (C=O) groups excluding carboxylic acids is 2. The van der Waals surface area contributed by atoms with Crippen molar-refractivity contribution in [2.75, 3.05) is 6.54 Å². The molecule has 1 saturated heterocycles. The van der Waals surface area contributed by atoms with Crippen LogP contribution in [0.1, 0.15) is 67.5 Å². The monoisotopic (exact) mass is 499 g/mol. The van der Waals surface area contributed by atoms with Gasteiger partial charge in [-0.15, -0.1) is 10.2 Å². The van der Waals surface area contributed by atoms with E-state index in [4.69, 9.17) is 20.8 Å². The zero-order valence-electron chi connectivity index (χ0n) is 20.3. The second-order valence-corrected chi connectivity index (χ2v) is 9.25. The van der Waals surface area contributed by atoms with Crippen molar-refractivity contribution >= 4 is 23.6 Å². The molecule has 1 N–H and O–H groups in total. The number of urea groups is 1. The van der Waals surface area contributed by atoms with Crippen LogP contribution < -0.4 is 5.32 Å². The predicted octanol–water partition coefficient (Wildman–Crippen LogP) is 4.73. The summed E-state index contributed by atoms with van der Waals surface area (Å²) in [4.78, 5) is 26.8. The van der Waals surface area contributed by atoms with Crippen LogP contribution in [-0.2, 0) is 16.1 Å². The number of hydrogen-bond donors (Lipinski definition) is 1. The van der Waals surface area contributed by atoms with Gasteiger partial charge in [0, 0.05) is 18.4 Å². The Morgan fingerprint density at radius 2 is 1.94 bits per heavy atom. The molecule has 3 atom stereocenters. The van der Waals surface area contributed by atoms with E-state index in [9.17, 15) is 9.59 Å². The Bertz CT molecular complexity index is 1190. The largest absolute Gasteiger partial charge is 0.464 e. The lowest BCUT2D eigenvalue weighted by atomic mass is 10.1. The highest BCUT2D eigenvalue weighted by atomic mass is 35.5. The number of esters is 1. The molecule has 1 fully saturated rings. The summed E-state index contributed by atoms with van der Waals surface area (Å²) >= 11 is 6.04. The smallest absolute Gasteiger partial charge is 0.318 e. The number of aromatic nitrogens is 3. The number of nitrogens with one attached hydrogen (secondary N) is 1. The Kier molecular flexibility index (Phi) is 7.45. The molecule has 1 aliphatic heterocycles. The molecule has 0 radical (unpaired) electrons. The number of nitrogens with zero attached hydrogens (tertiary/aromatic N) is 4. The third kappa shape index (κ3) is 5.67. The predicted molar refractivity (Wildman–Crippen MR) is 130 cm³/mol. The minimum Gasteiger partial charge on any atom is -0.464 e. The third-order valence-corrected chi connectivity index (χ3v) is 6.44. The molecule has 0 spiro atoms. The molecule has 0 unspecified atom stereocenters. The van der Waals surface area contributed by atoms with E-state index in [1.54, 1.807) is 4.90 Å². The van der Waals surface area contributed by atoms with E-state index in [0.717, 1.165) is 17.1 Å². The van der Waals surface area contributed by atoms with Crippen LogP contribution in [0.5, 0.6) is 0 Å². The van der Waals surface area contributed by atoms with Crippen LogP contribution in [0.25, 0.3) is 0 Å². The summed E-state index contributed by atoms with van der Waals surface area (Å²) in [6.07, 6.45) is 0.661. The first-order valence-corrected chi connectivity index (χ1v) is 12.1. The van der Waals surface area contributed by atoms with Crippen LogP contribution in [0.4, 0.5) is 4.79 Å². The maximum absolute atomic E-state index is 13.5. The Morgan fingerprint density at radius 3 is 2.57 bits per heavy atom. The van der Waals surface area contributed by atoms with Crippen LogP contribution in [-0.4, -0.2) is 44.3 Å². The molecule has 3 heterocycles. The van der Waals surface area contributed by atoms with Crippen molar-refractivity contribution in [3.05, 3.63) is 70.2 Å². The van der Waals surface area contributed by atoms with Crippen molar-refractivity contribution in [3.63, 3.8) is 0 Å². The molecule has 3 aromatic rings. The fourth-order valence-corrected chi connectivity index (χ4v) is 4.57. The number of aryl methyl sites for hydroxylation is 2. The third-order valence-electron chi connectivity index (χ3n) is 6.18. The Labute approximate surface area is 209 Å². The van der Waals surface area contributed by atoms with Crippen molar-refractivity contribution in [2.24, 2.45) is 0 Å². The number of hydrogen-bond acceptors (Lipinski definition) is 6. The molecular formula is C25H30ClN5O4. The van der Waals surface area contributed by atoms with Crippen molar-refractivity contribution < 1.29 is 18.7 Å². The van der Waals surface area contributed by atoms with Gasteiger partial charge in [0.25, 0.3) is 0 Å². The molecule has 35 heavy (non-hydrogen) atoms. The number of amides is 2. The van der Waals surface area contributed by atoms with E-state index < -0.39 is 12.1 Å². The Balaban J connectivity index is 1.61. The summed E-state index contributed by atoms with van der Waals surface area (Å²) in [6.45, 7) is 7.89. The van der Waals surface area contributed by atoms with E-state index >= 15 is 0 Å². The molecule has 1 aliphatic rings. The van der Waals surface area contributed by atoms with E-state index in [1.807, 2.05) is 61.7 Å². The number of ether oxygens (including phenoxy) is 1. The maximum Gasteiger partial charge on any atom is 0.318 e. The highest BCUT2D eigenvalue weighted by Gasteiger charge is 2.41. The maximum atomic E-state index is 13.5. The normalized spacial score (nSPS) is 18.5. The van der Waals surface area contributed by atoms with Crippen molar-refractivity contribution in [1.82, 2.24) is 25.0 Å². The quantitative estimate of drug-likeness (QED) is 0.471. The molecule has 1 aromatic carbocycles. The van der Waals surface area contributed by atoms with Crippen molar-refractivity contribution in [2.45, 2.75) is 65.3 Å². The number of halogens is 1. The van der Waals surface area contributed by atoms with Crippen molar-refractivity contribution in [1.29, 1.82) is 0 Å². The minimum absolute atomic E-state index is 0.260. The first-order chi connectivity index (χ1) is 16.7. The fourth-order valence-electron chi connectivity index (χ4n) is 4.45. The van der Waals surface area contributed by atoms with Crippen LogP contribution >= 0.6 is 11.6 Å². The summed E-state index contributed by atoms with van der Waals surface area (Å²) in [5.74, 6) is 2.47. The van der Waals surface area contributed by atoms with Crippen LogP contribution in [0.15, 0.2) is 40.8 Å². The van der Waals surface area contributed by atoms with E-state index in [0.29, 0.717) is 36.0 Å². The summed E-state index contributed by atoms with van der Waals surface area (Å²) in [6, 6.07) is 10.4. The fraction of sp³-hybridized carbons (Fsp3) is 0.440. The van der Waals surface area contributed by atoms with E-state index in [2.05, 4.69) is 15.5 Å². The molecule has 0 saturated carbocycles. The van der Waals surface area contributed by atoms with Gasteiger partial charge in [0.1, 0.15) is 23.4 Å². The second kappa shape index (κ2) is 10.5. The highest BCUT2D eigenvalue weighted by molar-refractivity contribution is 6.30. The molecule has 9 nitrogen and oxygen atoms in total. The molecule has 2 amide bonds. The number of furan rings is 1. The molecule has 4 rings (SSSR count). The average molecular weight is 500 g/mol. The van der Waals surface area contributed by atoms with Crippen LogP contribution in [0.3, 0.4) is 0 Å². The number of likely N-dealkylation sites (tertiary alicyclic amines) is 1. The lowest BCUT2D eigenvalue weighted by Crippen LogP contribution is -2.42. The van der Waals surface area contributed by atoms with Crippen molar-refractivity contribution in [3.8, 4) is 0 Å². The first kappa shape index (κ1) is 24.8. The Morgan fingerprint density at radius 1 is 1.20 bits per heavy atom. The number of rotatable bonds is 7. The van der Waals surface area contributed by atoms with Gasteiger partial charge in [-0.3, -0.25) is 4.79 Å². The lowest BCUT2D eigenvalue weighted by Gasteiger charge is -2.26. The van der Waals surface area contributed by atoms with E-state index in [-0.39, 0.29) is 24.6 Å². The minimum atomic E-state index is -0.435. The molecule has 0 aliphatic carbocycles. The van der Waals surface area contributed by atoms with Gasteiger partial charge in [-0.25, -0.2) is 4.79 Å².